The molecule has 0 bridgehead atoms. The van der Waals surface area contributed by atoms with Gasteiger partial charge in [-0.3, -0.25) is 9.59 Å². The summed E-state index contributed by atoms with van der Waals surface area (Å²) < 4.78 is 29.1. The molecule has 2 amide bonds. The Labute approximate surface area is 222 Å². The molecule has 2 aromatic rings. The second-order valence-electron chi connectivity index (χ2n) is 9.84. The van der Waals surface area contributed by atoms with Crippen LogP contribution < -0.4 is 9.62 Å². The molecule has 2 atom stereocenters. The molecule has 0 saturated carbocycles. The highest BCUT2D eigenvalue weighted by Crippen LogP contribution is 2.26. The summed E-state index contributed by atoms with van der Waals surface area (Å²) >= 11 is 0. The van der Waals surface area contributed by atoms with Gasteiger partial charge in [0.1, 0.15) is 12.6 Å². The van der Waals surface area contributed by atoms with E-state index in [-0.39, 0.29) is 18.5 Å². The summed E-state index contributed by atoms with van der Waals surface area (Å²) in [4.78, 5) is 28.7. The standard InChI is InChI=1S/C28H42N4O4S/c1-9-23(6)29-28(34)25(10-2)31(18-24-15-12-20(3)13-16-24)27(33)19-32(37(35,36)30(7)8)26-17-21(4)11-14-22(26)5/h11-17,23,25H,9-10,18-19H2,1-8H3,(H,29,34)/t23-,25+/m0/s1. The van der Waals surface area contributed by atoms with Crippen molar-refractivity contribution in [2.24, 2.45) is 0 Å². The molecule has 0 aliphatic rings. The molecule has 37 heavy (non-hydrogen) atoms. The van der Waals surface area contributed by atoms with Gasteiger partial charge in [0.2, 0.25) is 11.8 Å². The maximum atomic E-state index is 13.9. The average molecular weight is 531 g/mol. The third kappa shape index (κ3) is 7.79. The van der Waals surface area contributed by atoms with Gasteiger partial charge >= 0.3 is 10.2 Å². The number of rotatable bonds is 12. The number of carbonyl (C=O) groups excluding carboxylic acids is 2. The van der Waals surface area contributed by atoms with Crippen molar-refractivity contribution in [3.8, 4) is 0 Å². The number of benzene rings is 2. The van der Waals surface area contributed by atoms with Gasteiger partial charge in [-0.05, 0) is 63.3 Å². The lowest BCUT2D eigenvalue weighted by molar-refractivity contribution is -0.140. The molecule has 204 valence electrons. The van der Waals surface area contributed by atoms with Crippen LogP contribution in [0, 0.1) is 20.8 Å². The zero-order chi connectivity index (χ0) is 27.9. The van der Waals surface area contributed by atoms with Crippen LogP contribution in [0.3, 0.4) is 0 Å². The van der Waals surface area contributed by atoms with Gasteiger partial charge in [0.15, 0.2) is 0 Å². The maximum absolute atomic E-state index is 13.9. The van der Waals surface area contributed by atoms with Gasteiger partial charge in [-0.2, -0.15) is 12.7 Å². The van der Waals surface area contributed by atoms with Crippen LogP contribution in [0.5, 0.6) is 0 Å². The summed E-state index contributed by atoms with van der Waals surface area (Å²) in [6, 6.07) is 12.5. The highest BCUT2D eigenvalue weighted by molar-refractivity contribution is 7.90. The molecule has 0 aliphatic carbocycles. The first-order valence-corrected chi connectivity index (χ1v) is 14.1. The van der Waals surface area contributed by atoms with Gasteiger partial charge in [-0.15, -0.1) is 0 Å². The molecule has 0 fully saturated rings. The summed E-state index contributed by atoms with van der Waals surface area (Å²) in [7, 11) is -1.11. The van der Waals surface area contributed by atoms with Crippen molar-refractivity contribution in [3.05, 3.63) is 64.7 Å². The monoisotopic (exact) mass is 530 g/mol. The van der Waals surface area contributed by atoms with Gasteiger partial charge in [0.25, 0.3) is 0 Å². The minimum atomic E-state index is -4.00. The van der Waals surface area contributed by atoms with E-state index >= 15 is 0 Å². The van der Waals surface area contributed by atoms with E-state index in [2.05, 4.69) is 5.32 Å². The normalized spacial score (nSPS) is 13.2. The number of aryl methyl sites for hydroxylation is 3. The second-order valence-corrected chi connectivity index (χ2v) is 11.9. The van der Waals surface area contributed by atoms with Gasteiger partial charge in [-0.25, -0.2) is 4.31 Å². The summed E-state index contributed by atoms with van der Waals surface area (Å²) in [5, 5.41) is 2.99. The Morgan fingerprint density at radius 1 is 0.919 bits per heavy atom. The number of carbonyl (C=O) groups is 2. The first-order chi connectivity index (χ1) is 17.3. The molecular formula is C28H42N4O4S. The van der Waals surface area contributed by atoms with Crippen LogP contribution in [0.4, 0.5) is 5.69 Å². The summed E-state index contributed by atoms with van der Waals surface area (Å²) in [6.45, 7) is 11.2. The van der Waals surface area contributed by atoms with Crippen LogP contribution in [-0.2, 0) is 26.3 Å². The number of anilines is 1. The van der Waals surface area contributed by atoms with Crippen molar-refractivity contribution in [2.45, 2.75) is 73.0 Å². The predicted octanol–water partition coefficient (Wildman–Crippen LogP) is 3.95. The van der Waals surface area contributed by atoms with E-state index in [0.717, 1.165) is 37.3 Å². The van der Waals surface area contributed by atoms with Crippen LogP contribution in [0.2, 0.25) is 0 Å². The largest absolute Gasteiger partial charge is 0.352 e. The molecule has 0 unspecified atom stereocenters. The lowest BCUT2D eigenvalue weighted by Gasteiger charge is -2.34. The highest BCUT2D eigenvalue weighted by atomic mass is 32.2. The zero-order valence-corrected chi connectivity index (χ0v) is 24.2. The zero-order valence-electron chi connectivity index (χ0n) is 23.4. The van der Waals surface area contributed by atoms with E-state index in [0.29, 0.717) is 12.1 Å². The Kier molecular flexibility index (Phi) is 10.7. The third-order valence-corrected chi connectivity index (χ3v) is 8.32. The van der Waals surface area contributed by atoms with Crippen molar-refractivity contribution in [1.82, 2.24) is 14.5 Å². The molecule has 0 spiro atoms. The van der Waals surface area contributed by atoms with E-state index in [9.17, 15) is 18.0 Å². The van der Waals surface area contributed by atoms with Crippen molar-refractivity contribution < 1.29 is 18.0 Å². The van der Waals surface area contributed by atoms with Gasteiger partial charge in [0, 0.05) is 26.7 Å². The number of nitrogens with one attached hydrogen (secondary N) is 1. The van der Waals surface area contributed by atoms with Crippen LogP contribution in [0.25, 0.3) is 0 Å². The summed E-state index contributed by atoms with van der Waals surface area (Å²) in [5.74, 6) is -0.691. The fraction of sp³-hybridized carbons (Fsp3) is 0.500. The Hall–Kier alpha value is -2.91. The van der Waals surface area contributed by atoms with Crippen molar-refractivity contribution in [1.29, 1.82) is 0 Å². The first kappa shape index (κ1) is 30.3. The molecule has 0 aromatic heterocycles. The van der Waals surface area contributed by atoms with Crippen LogP contribution in [0.1, 0.15) is 55.9 Å². The second kappa shape index (κ2) is 13.1. The SMILES string of the molecule is CC[C@H](C(=O)N[C@@H](C)CC)N(Cc1ccc(C)cc1)C(=O)CN(c1cc(C)ccc1C)S(=O)(=O)N(C)C. The molecule has 0 heterocycles. The number of hydrogen-bond donors (Lipinski definition) is 1. The van der Waals surface area contributed by atoms with Crippen molar-refractivity contribution in [3.63, 3.8) is 0 Å². The van der Waals surface area contributed by atoms with Crippen molar-refractivity contribution >= 4 is 27.7 Å². The maximum Gasteiger partial charge on any atom is 0.304 e. The lowest BCUT2D eigenvalue weighted by atomic mass is 10.1. The Morgan fingerprint density at radius 2 is 1.51 bits per heavy atom. The molecule has 0 saturated heterocycles. The molecule has 0 aliphatic heterocycles. The van der Waals surface area contributed by atoms with Gasteiger partial charge in [-0.1, -0.05) is 55.8 Å². The Bertz CT molecular complexity index is 1180. The fourth-order valence-corrected chi connectivity index (χ4v) is 5.05. The average Bonchev–Trinajstić information content (AvgIpc) is 2.84. The van der Waals surface area contributed by atoms with Crippen LogP contribution >= 0.6 is 0 Å². The van der Waals surface area contributed by atoms with E-state index in [1.54, 1.807) is 6.07 Å². The lowest BCUT2D eigenvalue weighted by Crippen LogP contribution is -2.54. The van der Waals surface area contributed by atoms with Gasteiger partial charge in [0.05, 0.1) is 5.69 Å². The smallest absolute Gasteiger partial charge is 0.304 e. The van der Waals surface area contributed by atoms with Crippen LogP contribution in [0.15, 0.2) is 42.5 Å². The topological polar surface area (TPSA) is 90.0 Å². The molecule has 2 aromatic carbocycles. The van der Waals surface area contributed by atoms with Crippen LogP contribution in [-0.4, -0.2) is 62.2 Å². The summed E-state index contributed by atoms with van der Waals surface area (Å²) in [6.07, 6.45) is 1.15. The highest BCUT2D eigenvalue weighted by Gasteiger charge is 2.34. The molecule has 1 N–H and O–H groups in total. The minimum Gasteiger partial charge on any atom is -0.352 e. The minimum absolute atomic E-state index is 0.0431. The van der Waals surface area contributed by atoms with Gasteiger partial charge < -0.3 is 10.2 Å². The van der Waals surface area contributed by atoms with E-state index in [1.165, 1.54) is 19.0 Å². The predicted molar refractivity (Wildman–Crippen MR) is 150 cm³/mol. The first-order valence-electron chi connectivity index (χ1n) is 12.7. The quantitative estimate of drug-likeness (QED) is 0.450. The van der Waals surface area contributed by atoms with Crippen molar-refractivity contribution in [2.75, 3.05) is 24.9 Å². The van der Waals surface area contributed by atoms with E-state index in [4.69, 9.17) is 0 Å². The Balaban J connectivity index is 2.55. The summed E-state index contributed by atoms with van der Waals surface area (Å²) in [5.41, 5.74) is 4.00. The molecule has 2 rings (SSSR count). The number of hydrogen-bond acceptors (Lipinski definition) is 4. The molecule has 9 heteroatoms. The van der Waals surface area contributed by atoms with E-state index < -0.39 is 28.7 Å². The fourth-order valence-electron chi connectivity index (χ4n) is 3.94. The molecule has 0 radical (unpaired) electrons. The Morgan fingerprint density at radius 3 is 2.05 bits per heavy atom. The third-order valence-electron chi connectivity index (χ3n) is 6.51. The number of nitrogens with zero attached hydrogens (tertiary/aromatic N) is 3. The molecule has 8 nitrogen and oxygen atoms in total. The number of amides is 2. The molecular weight excluding hydrogens is 488 g/mol. The van der Waals surface area contributed by atoms with E-state index in [1.807, 2.05) is 77.9 Å².